The summed E-state index contributed by atoms with van der Waals surface area (Å²) < 4.78 is 39.9. The molecule has 0 aromatic heterocycles. The largest absolute Gasteiger partial charge is 0.573 e. The second-order valence-corrected chi connectivity index (χ2v) is 4.79. The Balaban J connectivity index is 1.82. The van der Waals surface area contributed by atoms with Gasteiger partial charge in [0.1, 0.15) is 12.4 Å². The van der Waals surface area contributed by atoms with E-state index in [2.05, 4.69) is 16.8 Å². The average Bonchev–Trinajstić information content (AvgIpc) is 2.52. The molecule has 0 heterocycles. The van der Waals surface area contributed by atoms with Crippen LogP contribution in [-0.2, 0) is 17.9 Å². The van der Waals surface area contributed by atoms with Gasteiger partial charge in [0.25, 0.3) is 0 Å². The van der Waals surface area contributed by atoms with E-state index in [0.717, 1.165) is 12.0 Å². The monoisotopic (exact) mass is 323 g/mol. The molecule has 0 aliphatic rings. The summed E-state index contributed by atoms with van der Waals surface area (Å²) >= 11 is 0. The van der Waals surface area contributed by atoms with Gasteiger partial charge in [-0.1, -0.05) is 48.5 Å². The minimum atomic E-state index is -4.68. The summed E-state index contributed by atoms with van der Waals surface area (Å²) in [6.07, 6.45) is -2.13. The summed E-state index contributed by atoms with van der Waals surface area (Å²) in [5.41, 5.74) is 2.85. The maximum Gasteiger partial charge on any atom is 0.573 e. The maximum absolute atomic E-state index is 12.0. The minimum Gasteiger partial charge on any atom is -0.406 e. The second-order valence-electron chi connectivity index (χ2n) is 4.79. The van der Waals surface area contributed by atoms with Crippen LogP contribution in [-0.4, -0.2) is 12.6 Å². The van der Waals surface area contributed by atoms with Crippen molar-refractivity contribution >= 4 is 6.21 Å². The Hall–Kier alpha value is -2.50. The normalized spacial score (nSPS) is 11.7. The molecule has 3 nitrogen and oxygen atoms in total. The fourth-order valence-corrected chi connectivity index (χ4v) is 1.84. The van der Waals surface area contributed by atoms with E-state index in [1.807, 2.05) is 24.3 Å². The minimum absolute atomic E-state index is 0.163. The lowest BCUT2D eigenvalue weighted by atomic mass is 10.1. The predicted molar refractivity (Wildman–Crippen MR) is 81.3 cm³/mol. The molecule has 6 heteroatoms. The third-order valence-electron chi connectivity index (χ3n) is 3.05. The highest BCUT2D eigenvalue weighted by atomic mass is 19.4. The first-order valence-electron chi connectivity index (χ1n) is 7.05. The Morgan fingerprint density at radius 2 is 1.57 bits per heavy atom. The number of ether oxygens (including phenoxy) is 1. The maximum atomic E-state index is 12.0. The van der Waals surface area contributed by atoms with Crippen molar-refractivity contribution in [1.29, 1.82) is 0 Å². The molecule has 0 aliphatic carbocycles. The van der Waals surface area contributed by atoms with Crippen molar-refractivity contribution in [3.05, 3.63) is 65.2 Å². The summed E-state index contributed by atoms with van der Waals surface area (Å²) in [6, 6.07) is 13.4. The fraction of sp³-hybridized carbons (Fsp3) is 0.235. The van der Waals surface area contributed by atoms with Gasteiger partial charge in [-0.15, -0.1) is 13.2 Å². The van der Waals surface area contributed by atoms with E-state index in [9.17, 15) is 13.2 Å². The number of nitrogens with zero attached hydrogens (tertiary/aromatic N) is 1. The van der Waals surface area contributed by atoms with Crippen LogP contribution in [0, 0.1) is 0 Å². The first-order valence-corrected chi connectivity index (χ1v) is 7.05. The third-order valence-corrected chi connectivity index (χ3v) is 3.05. The van der Waals surface area contributed by atoms with E-state index >= 15 is 0 Å². The number of hydrogen-bond donors (Lipinski definition) is 0. The average molecular weight is 323 g/mol. The van der Waals surface area contributed by atoms with Gasteiger partial charge < -0.3 is 9.57 Å². The zero-order valence-corrected chi connectivity index (χ0v) is 12.5. The van der Waals surface area contributed by atoms with E-state index in [1.54, 1.807) is 6.21 Å². The fourth-order valence-electron chi connectivity index (χ4n) is 1.84. The Morgan fingerprint density at radius 1 is 0.957 bits per heavy atom. The SMILES string of the molecule is CCc1ccc(C=NOCc2ccc(OC(F)(F)F)cc2)cc1. The Kier molecular flexibility index (Phi) is 5.62. The van der Waals surface area contributed by atoms with Crippen LogP contribution in [0.25, 0.3) is 0 Å². The van der Waals surface area contributed by atoms with Gasteiger partial charge in [0.2, 0.25) is 0 Å². The molecule has 0 unspecified atom stereocenters. The van der Waals surface area contributed by atoms with Crippen LogP contribution in [0.2, 0.25) is 0 Å². The van der Waals surface area contributed by atoms with Gasteiger partial charge in [0.05, 0.1) is 6.21 Å². The molecule has 0 aliphatic heterocycles. The van der Waals surface area contributed by atoms with Crippen molar-refractivity contribution in [2.24, 2.45) is 5.16 Å². The lowest BCUT2D eigenvalue weighted by molar-refractivity contribution is -0.274. The highest BCUT2D eigenvalue weighted by Crippen LogP contribution is 2.22. The number of halogens is 3. The molecule has 0 bridgehead atoms. The summed E-state index contributed by atoms with van der Waals surface area (Å²) in [5.74, 6) is -0.263. The Labute approximate surface area is 132 Å². The molecule has 0 amide bonds. The molecular formula is C17H16F3NO2. The topological polar surface area (TPSA) is 30.8 Å². The quantitative estimate of drug-likeness (QED) is 0.570. The molecule has 0 spiro atoms. The zero-order chi connectivity index (χ0) is 16.7. The van der Waals surface area contributed by atoms with Gasteiger partial charge in [-0.2, -0.15) is 0 Å². The molecule has 2 aromatic carbocycles. The van der Waals surface area contributed by atoms with Gasteiger partial charge >= 0.3 is 6.36 Å². The van der Waals surface area contributed by atoms with Crippen LogP contribution < -0.4 is 4.74 Å². The molecule has 122 valence electrons. The lowest BCUT2D eigenvalue weighted by Gasteiger charge is -2.08. The Morgan fingerprint density at radius 3 is 2.13 bits per heavy atom. The number of hydrogen-bond acceptors (Lipinski definition) is 3. The van der Waals surface area contributed by atoms with Gasteiger partial charge in [-0.25, -0.2) is 0 Å². The smallest absolute Gasteiger partial charge is 0.406 e. The molecule has 2 rings (SSSR count). The van der Waals surface area contributed by atoms with Crippen LogP contribution in [0.3, 0.4) is 0 Å². The van der Waals surface area contributed by atoms with E-state index in [0.29, 0.717) is 5.56 Å². The molecule has 0 saturated heterocycles. The summed E-state index contributed by atoms with van der Waals surface area (Å²) in [7, 11) is 0. The van der Waals surface area contributed by atoms with Crippen molar-refractivity contribution in [1.82, 2.24) is 0 Å². The number of alkyl halides is 3. The molecule has 0 N–H and O–H groups in total. The van der Waals surface area contributed by atoms with E-state index < -0.39 is 6.36 Å². The van der Waals surface area contributed by atoms with E-state index in [-0.39, 0.29) is 12.4 Å². The van der Waals surface area contributed by atoms with Crippen LogP contribution >= 0.6 is 0 Å². The number of benzene rings is 2. The number of aryl methyl sites for hydroxylation is 1. The first kappa shape index (κ1) is 16.9. The number of oxime groups is 1. The van der Waals surface area contributed by atoms with E-state index in [4.69, 9.17) is 4.84 Å². The van der Waals surface area contributed by atoms with Crippen LogP contribution in [0.4, 0.5) is 13.2 Å². The van der Waals surface area contributed by atoms with E-state index in [1.165, 1.54) is 29.8 Å². The lowest BCUT2D eigenvalue weighted by Crippen LogP contribution is -2.17. The van der Waals surface area contributed by atoms with Gasteiger partial charge in [0.15, 0.2) is 0 Å². The van der Waals surface area contributed by atoms with Crippen molar-refractivity contribution in [2.45, 2.75) is 26.3 Å². The van der Waals surface area contributed by atoms with Crippen molar-refractivity contribution in [3.63, 3.8) is 0 Å². The summed E-state index contributed by atoms with van der Waals surface area (Å²) in [6.45, 7) is 2.24. The summed E-state index contributed by atoms with van der Waals surface area (Å²) in [5, 5.41) is 3.84. The van der Waals surface area contributed by atoms with Crippen molar-refractivity contribution in [2.75, 3.05) is 0 Å². The molecule has 0 saturated carbocycles. The molecule has 0 atom stereocenters. The molecule has 0 fully saturated rings. The van der Waals surface area contributed by atoms with Crippen LogP contribution in [0.15, 0.2) is 53.7 Å². The predicted octanol–water partition coefficient (Wildman–Crippen LogP) is 4.70. The van der Waals surface area contributed by atoms with Crippen molar-refractivity contribution < 1.29 is 22.7 Å². The third kappa shape index (κ3) is 6.02. The molecular weight excluding hydrogens is 307 g/mol. The van der Waals surface area contributed by atoms with Gasteiger partial charge in [0, 0.05) is 0 Å². The second kappa shape index (κ2) is 7.67. The summed E-state index contributed by atoms with van der Waals surface area (Å²) in [4.78, 5) is 5.13. The van der Waals surface area contributed by atoms with Gasteiger partial charge in [-0.05, 0) is 35.2 Å². The highest BCUT2D eigenvalue weighted by molar-refractivity contribution is 5.79. The van der Waals surface area contributed by atoms with Crippen LogP contribution in [0.5, 0.6) is 5.75 Å². The highest BCUT2D eigenvalue weighted by Gasteiger charge is 2.30. The zero-order valence-electron chi connectivity index (χ0n) is 12.5. The van der Waals surface area contributed by atoms with Crippen molar-refractivity contribution in [3.8, 4) is 5.75 Å². The molecule has 0 radical (unpaired) electrons. The molecule has 23 heavy (non-hydrogen) atoms. The molecule has 2 aromatic rings. The standard InChI is InChI=1S/C17H16F3NO2/c1-2-13-3-5-14(6-4-13)11-21-22-12-15-7-9-16(10-8-15)23-17(18,19)20/h3-11H,2,12H2,1H3. The Bertz CT molecular complexity index is 634. The first-order chi connectivity index (χ1) is 11.0. The van der Waals surface area contributed by atoms with Crippen LogP contribution in [0.1, 0.15) is 23.6 Å². The van der Waals surface area contributed by atoms with Gasteiger partial charge in [-0.3, -0.25) is 0 Å². The number of rotatable bonds is 6.